The van der Waals surface area contributed by atoms with Gasteiger partial charge in [-0.05, 0) is 40.7 Å². The molecule has 0 radical (unpaired) electrons. The number of hydrogen-bond acceptors (Lipinski definition) is 2. The predicted octanol–water partition coefficient (Wildman–Crippen LogP) is 5.06. The van der Waals surface area contributed by atoms with Crippen LogP contribution in [0, 0.1) is 0 Å². The standard InChI is InChI=1S/C20H21NO/c1-13(2)15-8-6-14(7-9-15)12-16-4-3-5-18-17(16)10-11-19(21)20(18)22/h3,5-13,22H,4,21H2,1-2H3. The number of rotatable bonds is 2. The molecule has 2 aromatic rings. The van der Waals surface area contributed by atoms with Gasteiger partial charge in [-0.25, -0.2) is 0 Å². The molecule has 0 atom stereocenters. The van der Waals surface area contributed by atoms with Gasteiger partial charge in [-0.15, -0.1) is 0 Å². The molecule has 1 aliphatic rings. The molecule has 0 spiro atoms. The van der Waals surface area contributed by atoms with E-state index in [1.165, 1.54) is 16.7 Å². The second-order valence-corrected chi connectivity index (χ2v) is 6.06. The fourth-order valence-electron chi connectivity index (χ4n) is 2.80. The van der Waals surface area contributed by atoms with Crippen molar-refractivity contribution >= 4 is 23.4 Å². The highest BCUT2D eigenvalue weighted by Crippen LogP contribution is 2.38. The summed E-state index contributed by atoms with van der Waals surface area (Å²) in [5.74, 6) is 0.717. The van der Waals surface area contributed by atoms with Crippen LogP contribution in [0.4, 0.5) is 5.69 Å². The van der Waals surface area contributed by atoms with Crippen molar-refractivity contribution in [1.82, 2.24) is 0 Å². The number of nitrogen functional groups attached to an aromatic ring is 1. The molecule has 112 valence electrons. The van der Waals surface area contributed by atoms with Gasteiger partial charge >= 0.3 is 0 Å². The van der Waals surface area contributed by atoms with Gasteiger partial charge in [0.2, 0.25) is 0 Å². The summed E-state index contributed by atoms with van der Waals surface area (Å²) in [4.78, 5) is 0. The average molecular weight is 291 g/mol. The molecule has 0 saturated heterocycles. The Morgan fingerprint density at radius 2 is 1.82 bits per heavy atom. The highest BCUT2D eigenvalue weighted by atomic mass is 16.3. The van der Waals surface area contributed by atoms with Crippen LogP contribution in [0.5, 0.6) is 5.75 Å². The van der Waals surface area contributed by atoms with E-state index in [1.54, 1.807) is 6.07 Å². The molecule has 0 unspecified atom stereocenters. The van der Waals surface area contributed by atoms with Gasteiger partial charge in [0.05, 0.1) is 5.69 Å². The Balaban J connectivity index is 2.00. The van der Waals surface area contributed by atoms with Crippen LogP contribution in [0.1, 0.15) is 48.4 Å². The van der Waals surface area contributed by atoms with E-state index in [4.69, 9.17) is 5.73 Å². The molecule has 0 aliphatic heterocycles. The molecule has 2 nitrogen and oxygen atoms in total. The third-order valence-electron chi connectivity index (χ3n) is 4.16. The Hall–Kier alpha value is -2.48. The normalized spacial score (nSPS) is 15.3. The van der Waals surface area contributed by atoms with Gasteiger partial charge in [0.1, 0.15) is 5.75 Å². The zero-order chi connectivity index (χ0) is 15.7. The fourth-order valence-corrected chi connectivity index (χ4v) is 2.80. The van der Waals surface area contributed by atoms with E-state index in [0.717, 1.165) is 17.5 Å². The van der Waals surface area contributed by atoms with Gasteiger partial charge in [0, 0.05) is 5.56 Å². The maximum absolute atomic E-state index is 10.1. The van der Waals surface area contributed by atoms with Crippen molar-refractivity contribution in [3.05, 3.63) is 64.7 Å². The van der Waals surface area contributed by atoms with E-state index in [9.17, 15) is 5.11 Å². The van der Waals surface area contributed by atoms with Crippen LogP contribution < -0.4 is 5.73 Å². The van der Waals surface area contributed by atoms with Crippen molar-refractivity contribution < 1.29 is 5.11 Å². The number of fused-ring (bicyclic) bond motifs is 1. The second kappa shape index (κ2) is 5.72. The Labute approximate surface area is 131 Å². The molecule has 3 N–H and O–H groups in total. The molecule has 0 heterocycles. The summed E-state index contributed by atoms with van der Waals surface area (Å²) in [6.45, 7) is 4.39. The largest absolute Gasteiger partial charge is 0.505 e. The minimum Gasteiger partial charge on any atom is -0.505 e. The molecular formula is C20H21NO. The predicted molar refractivity (Wildman–Crippen MR) is 94.6 cm³/mol. The zero-order valence-corrected chi connectivity index (χ0v) is 13.0. The van der Waals surface area contributed by atoms with Crippen molar-refractivity contribution in [3.63, 3.8) is 0 Å². The number of nitrogens with two attached hydrogens (primary N) is 1. The van der Waals surface area contributed by atoms with Crippen molar-refractivity contribution in [2.24, 2.45) is 0 Å². The molecule has 2 aromatic carbocycles. The summed E-state index contributed by atoms with van der Waals surface area (Å²) in [6, 6.07) is 12.4. The number of hydrogen-bond donors (Lipinski definition) is 2. The first-order chi connectivity index (χ1) is 10.6. The Morgan fingerprint density at radius 3 is 2.50 bits per heavy atom. The molecule has 2 heteroatoms. The van der Waals surface area contributed by atoms with E-state index >= 15 is 0 Å². The first-order valence-corrected chi connectivity index (χ1v) is 7.65. The van der Waals surface area contributed by atoms with Gasteiger partial charge in [0.15, 0.2) is 0 Å². The fraction of sp³-hybridized carbons (Fsp3) is 0.200. The highest BCUT2D eigenvalue weighted by Gasteiger charge is 2.15. The lowest BCUT2D eigenvalue weighted by molar-refractivity contribution is 0.476. The van der Waals surface area contributed by atoms with Gasteiger partial charge in [-0.2, -0.15) is 0 Å². The van der Waals surface area contributed by atoms with Crippen molar-refractivity contribution in [2.75, 3.05) is 5.73 Å². The van der Waals surface area contributed by atoms with Gasteiger partial charge in [-0.3, -0.25) is 0 Å². The van der Waals surface area contributed by atoms with Crippen molar-refractivity contribution in [2.45, 2.75) is 26.2 Å². The number of allylic oxidation sites excluding steroid dienone is 2. The minimum atomic E-state index is 0.175. The highest BCUT2D eigenvalue weighted by molar-refractivity contribution is 5.91. The smallest absolute Gasteiger partial charge is 0.146 e. The number of phenolic OH excluding ortho intramolecular Hbond substituents is 1. The molecular weight excluding hydrogens is 270 g/mol. The monoisotopic (exact) mass is 291 g/mol. The number of aromatic hydroxyl groups is 1. The number of anilines is 1. The average Bonchev–Trinajstić information content (AvgIpc) is 2.52. The zero-order valence-electron chi connectivity index (χ0n) is 13.0. The van der Waals surface area contributed by atoms with Crippen LogP contribution in [0.2, 0.25) is 0 Å². The van der Waals surface area contributed by atoms with Crippen LogP contribution in [-0.4, -0.2) is 5.11 Å². The van der Waals surface area contributed by atoms with Crippen LogP contribution in [0.3, 0.4) is 0 Å². The maximum atomic E-state index is 10.1. The summed E-state index contributed by atoms with van der Waals surface area (Å²) in [6.07, 6.45) is 7.06. The molecule has 0 fully saturated rings. The molecule has 0 amide bonds. The summed E-state index contributed by atoms with van der Waals surface area (Å²) in [7, 11) is 0. The van der Waals surface area contributed by atoms with Gasteiger partial charge in [-0.1, -0.05) is 62.4 Å². The summed E-state index contributed by atoms with van der Waals surface area (Å²) >= 11 is 0. The summed E-state index contributed by atoms with van der Waals surface area (Å²) < 4.78 is 0. The third-order valence-corrected chi connectivity index (χ3v) is 4.16. The van der Waals surface area contributed by atoms with E-state index < -0.39 is 0 Å². The molecule has 0 bridgehead atoms. The number of benzene rings is 2. The van der Waals surface area contributed by atoms with Crippen LogP contribution in [-0.2, 0) is 0 Å². The van der Waals surface area contributed by atoms with E-state index in [2.05, 4.69) is 50.3 Å². The first-order valence-electron chi connectivity index (χ1n) is 7.65. The molecule has 1 aliphatic carbocycles. The second-order valence-electron chi connectivity index (χ2n) is 6.06. The van der Waals surface area contributed by atoms with Crippen LogP contribution in [0.15, 0.2) is 42.5 Å². The Morgan fingerprint density at radius 1 is 1.09 bits per heavy atom. The van der Waals surface area contributed by atoms with Crippen molar-refractivity contribution in [1.29, 1.82) is 0 Å². The van der Waals surface area contributed by atoms with Crippen molar-refractivity contribution in [3.8, 4) is 5.75 Å². The summed E-state index contributed by atoms with van der Waals surface area (Å²) in [5.41, 5.74) is 11.8. The quantitative estimate of drug-likeness (QED) is 0.600. The SMILES string of the molecule is CC(C)c1ccc(C=C2CC=Cc3c2ccc(N)c3O)cc1. The van der Waals surface area contributed by atoms with Gasteiger partial charge in [0.25, 0.3) is 0 Å². The molecule has 0 saturated carbocycles. The Bertz CT molecular complexity index is 752. The maximum Gasteiger partial charge on any atom is 0.146 e. The van der Waals surface area contributed by atoms with Crippen LogP contribution >= 0.6 is 0 Å². The first kappa shape index (κ1) is 14.5. The molecule has 22 heavy (non-hydrogen) atoms. The lowest BCUT2D eigenvalue weighted by Gasteiger charge is -2.17. The van der Waals surface area contributed by atoms with E-state index in [-0.39, 0.29) is 5.75 Å². The lowest BCUT2D eigenvalue weighted by atomic mass is 9.89. The minimum absolute atomic E-state index is 0.175. The van der Waals surface area contributed by atoms with Crippen LogP contribution in [0.25, 0.3) is 17.7 Å². The lowest BCUT2D eigenvalue weighted by Crippen LogP contribution is -1.97. The summed E-state index contributed by atoms with van der Waals surface area (Å²) in [5, 5.41) is 10.1. The Kier molecular flexibility index (Phi) is 3.76. The third kappa shape index (κ3) is 2.64. The van der Waals surface area contributed by atoms with E-state index in [0.29, 0.717) is 11.6 Å². The number of phenols is 1. The topological polar surface area (TPSA) is 46.2 Å². The molecule has 0 aromatic heterocycles. The van der Waals surface area contributed by atoms with E-state index in [1.807, 2.05) is 12.1 Å². The molecule has 3 rings (SSSR count). The van der Waals surface area contributed by atoms with Gasteiger partial charge < -0.3 is 10.8 Å².